The first kappa shape index (κ1) is 20.6. The van der Waals surface area contributed by atoms with Crippen LogP contribution in [0.1, 0.15) is 37.7 Å². The third-order valence-corrected chi connectivity index (χ3v) is 5.68. The van der Waals surface area contributed by atoms with Gasteiger partial charge in [0, 0.05) is 37.9 Å². The zero-order chi connectivity index (χ0) is 19.9. The van der Waals surface area contributed by atoms with E-state index in [0.29, 0.717) is 19.2 Å². The number of aromatic amines is 1. The number of nitrogens with one attached hydrogen (secondary N) is 2. The van der Waals surface area contributed by atoms with Gasteiger partial charge in [-0.2, -0.15) is 0 Å². The first-order valence-corrected chi connectivity index (χ1v) is 10.3. The minimum absolute atomic E-state index is 0.0778. The van der Waals surface area contributed by atoms with Gasteiger partial charge in [0.05, 0.1) is 19.2 Å². The summed E-state index contributed by atoms with van der Waals surface area (Å²) in [6, 6.07) is 8.06. The van der Waals surface area contributed by atoms with Gasteiger partial charge in [0.1, 0.15) is 5.75 Å². The molecule has 3 rings (SSSR count). The van der Waals surface area contributed by atoms with Crippen LogP contribution in [0.3, 0.4) is 0 Å². The minimum Gasteiger partial charge on any atom is -0.497 e. The van der Waals surface area contributed by atoms with Gasteiger partial charge in [0.2, 0.25) is 0 Å². The monoisotopic (exact) mass is 403 g/mol. The summed E-state index contributed by atoms with van der Waals surface area (Å²) in [4.78, 5) is 17.9. The Morgan fingerprint density at radius 2 is 2.07 bits per heavy atom. The number of hydrogen-bond donors (Lipinski definition) is 2. The highest BCUT2D eigenvalue weighted by atomic mass is 32.1. The van der Waals surface area contributed by atoms with Gasteiger partial charge >= 0.3 is 0 Å². The van der Waals surface area contributed by atoms with E-state index in [4.69, 9.17) is 21.7 Å². The van der Waals surface area contributed by atoms with Crippen molar-refractivity contribution in [1.29, 1.82) is 0 Å². The average Bonchev–Trinajstić information content (AvgIpc) is 3.23. The molecule has 7 heteroatoms. The molecule has 2 aromatic rings. The number of hydrogen-bond acceptors (Lipinski definition) is 4. The molecule has 0 amide bonds. The van der Waals surface area contributed by atoms with Gasteiger partial charge in [-0.15, -0.1) is 0 Å². The summed E-state index contributed by atoms with van der Waals surface area (Å²) in [7, 11) is 3.32. The molecule has 1 aliphatic carbocycles. The summed E-state index contributed by atoms with van der Waals surface area (Å²) in [5.74, 6) is 0.727. The fraction of sp³-hybridized carbons (Fsp3) is 0.524. The van der Waals surface area contributed by atoms with Crippen molar-refractivity contribution >= 4 is 28.2 Å². The number of H-pyrrole nitrogens is 1. The van der Waals surface area contributed by atoms with E-state index in [1.54, 1.807) is 14.2 Å². The molecule has 1 aromatic carbocycles. The molecule has 1 saturated carbocycles. The van der Waals surface area contributed by atoms with Crippen molar-refractivity contribution in [3.63, 3.8) is 0 Å². The summed E-state index contributed by atoms with van der Waals surface area (Å²) < 4.78 is 10.3. The van der Waals surface area contributed by atoms with Gasteiger partial charge < -0.3 is 24.7 Å². The Bertz CT molecular complexity index is 862. The number of rotatable bonds is 8. The molecule has 0 bridgehead atoms. The summed E-state index contributed by atoms with van der Waals surface area (Å²) in [6.45, 7) is 1.98. The molecule has 0 aliphatic heterocycles. The van der Waals surface area contributed by atoms with E-state index in [1.165, 1.54) is 12.8 Å². The van der Waals surface area contributed by atoms with Crippen molar-refractivity contribution in [3.8, 4) is 5.75 Å². The Morgan fingerprint density at radius 1 is 1.29 bits per heavy atom. The van der Waals surface area contributed by atoms with Crippen LogP contribution in [0, 0.1) is 0 Å². The van der Waals surface area contributed by atoms with Crippen molar-refractivity contribution in [2.24, 2.45) is 0 Å². The molecule has 28 heavy (non-hydrogen) atoms. The number of fused-ring (bicyclic) bond motifs is 1. The van der Waals surface area contributed by atoms with Gasteiger partial charge in [0.25, 0.3) is 5.56 Å². The van der Waals surface area contributed by atoms with E-state index in [2.05, 4.69) is 15.2 Å². The van der Waals surface area contributed by atoms with Crippen LogP contribution in [0.15, 0.2) is 29.1 Å². The third kappa shape index (κ3) is 5.02. The number of aromatic nitrogens is 1. The third-order valence-electron chi connectivity index (χ3n) is 5.30. The van der Waals surface area contributed by atoms with Crippen LogP contribution in [0.4, 0.5) is 0 Å². The van der Waals surface area contributed by atoms with E-state index in [9.17, 15) is 4.79 Å². The number of thiocarbonyl (C=S) groups is 1. The SMILES string of the molecule is COCCCNC(=S)N(Cc1cc2ccc(OC)cc2[nH]c1=O)C1CCCC1. The number of methoxy groups -OCH3 is 2. The molecule has 152 valence electrons. The van der Waals surface area contributed by atoms with Crippen molar-refractivity contribution in [2.45, 2.75) is 44.7 Å². The molecule has 0 spiro atoms. The van der Waals surface area contributed by atoms with Crippen LogP contribution in [0.5, 0.6) is 5.75 Å². The highest BCUT2D eigenvalue weighted by Crippen LogP contribution is 2.25. The molecule has 0 radical (unpaired) electrons. The Kier molecular flexibility index (Phi) is 7.28. The number of nitrogens with zero attached hydrogens (tertiary/aromatic N) is 1. The maximum atomic E-state index is 12.7. The Morgan fingerprint density at radius 3 is 2.79 bits per heavy atom. The topological polar surface area (TPSA) is 66.6 Å². The van der Waals surface area contributed by atoms with Gasteiger partial charge in [-0.25, -0.2) is 0 Å². The number of ether oxygens (including phenoxy) is 2. The molecule has 1 fully saturated rings. The Labute approximate surface area is 171 Å². The second-order valence-corrected chi connectivity index (χ2v) is 7.61. The highest BCUT2D eigenvalue weighted by molar-refractivity contribution is 7.80. The first-order chi connectivity index (χ1) is 13.6. The molecule has 0 unspecified atom stereocenters. The zero-order valence-electron chi connectivity index (χ0n) is 16.6. The Balaban J connectivity index is 1.80. The second kappa shape index (κ2) is 9.89. The van der Waals surface area contributed by atoms with Crippen molar-refractivity contribution in [1.82, 2.24) is 15.2 Å². The lowest BCUT2D eigenvalue weighted by Crippen LogP contribution is -2.45. The molecular formula is C21H29N3O3S. The van der Waals surface area contributed by atoms with E-state index in [1.807, 2.05) is 24.3 Å². The van der Waals surface area contributed by atoms with Crippen LogP contribution in [0.2, 0.25) is 0 Å². The van der Waals surface area contributed by atoms with Crippen LogP contribution < -0.4 is 15.6 Å². The lowest BCUT2D eigenvalue weighted by Gasteiger charge is -2.31. The largest absolute Gasteiger partial charge is 0.497 e. The lowest BCUT2D eigenvalue weighted by atomic mass is 10.1. The molecule has 0 atom stereocenters. The number of pyridine rings is 1. The van der Waals surface area contributed by atoms with E-state index in [-0.39, 0.29) is 5.56 Å². The van der Waals surface area contributed by atoms with Gasteiger partial charge in [0.15, 0.2) is 5.11 Å². The Hall–Kier alpha value is -2.12. The molecule has 6 nitrogen and oxygen atoms in total. The maximum absolute atomic E-state index is 12.7. The van der Waals surface area contributed by atoms with E-state index in [0.717, 1.165) is 53.1 Å². The van der Waals surface area contributed by atoms with E-state index < -0.39 is 0 Å². The summed E-state index contributed by atoms with van der Waals surface area (Å²) in [5, 5.41) is 5.04. The van der Waals surface area contributed by atoms with Gasteiger partial charge in [-0.1, -0.05) is 12.8 Å². The maximum Gasteiger partial charge on any atom is 0.253 e. The molecule has 0 saturated heterocycles. The summed E-state index contributed by atoms with van der Waals surface area (Å²) >= 11 is 5.68. The second-order valence-electron chi connectivity index (χ2n) is 7.22. The lowest BCUT2D eigenvalue weighted by molar-refractivity contribution is 0.195. The van der Waals surface area contributed by atoms with Crippen LogP contribution in [-0.4, -0.2) is 48.4 Å². The smallest absolute Gasteiger partial charge is 0.253 e. The quantitative estimate of drug-likeness (QED) is 0.521. The minimum atomic E-state index is -0.0778. The van der Waals surface area contributed by atoms with Crippen molar-refractivity contribution in [3.05, 3.63) is 40.2 Å². The molecular weight excluding hydrogens is 374 g/mol. The number of benzene rings is 1. The van der Waals surface area contributed by atoms with Gasteiger partial charge in [-0.3, -0.25) is 4.79 Å². The summed E-state index contributed by atoms with van der Waals surface area (Å²) in [6.07, 6.45) is 5.54. The van der Waals surface area contributed by atoms with Crippen LogP contribution in [-0.2, 0) is 11.3 Å². The van der Waals surface area contributed by atoms with Crippen LogP contribution in [0.25, 0.3) is 10.9 Å². The zero-order valence-corrected chi connectivity index (χ0v) is 17.4. The fourth-order valence-corrected chi connectivity index (χ4v) is 4.07. The predicted molar refractivity (Wildman–Crippen MR) is 116 cm³/mol. The normalized spacial score (nSPS) is 14.4. The van der Waals surface area contributed by atoms with Gasteiger partial charge in [-0.05, 0) is 55.1 Å². The molecule has 1 aliphatic rings. The average molecular weight is 404 g/mol. The predicted octanol–water partition coefficient (Wildman–Crippen LogP) is 3.19. The summed E-state index contributed by atoms with van der Waals surface area (Å²) in [5.41, 5.74) is 1.43. The molecule has 1 heterocycles. The highest BCUT2D eigenvalue weighted by Gasteiger charge is 2.25. The van der Waals surface area contributed by atoms with Crippen LogP contribution >= 0.6 is 12.2 Å². The molecule has 2 N–H and O–H groups in total. The van der Waals surface area contributed by atoms with E-state index >= 15 is 0 Å². The van der Waals surface area contributed by atoms with Crippen molar-refractivity contribution in [2.75, 3.05) is 27.4 Å². The fourth-order valence-electron chi connectivity index (χ4n) is 3.75. The van der Waals surface area contributed by atoms with Crippen molar-refractivity contribution < 1.29 is 9.47 Å². The first-order valence-electron chi connectivity index (χ1n) is 9.85. The standard InChI is InChI=1S/C21H29N3O3S/c1-26-11-5-10-22-21(28)24(17-6-3-4-7-17)14-16-12-15-8-9-18(27-2)13-19(15)23-20(16)25/h8-9,12-13,17H,3-7,10-11,14H2,1-2H3,(H,22,28)(H,23,25). The molecule has 1 aromatic heterocycles.